The molecule has 0 atom stereocenters. The van der Waals surface area contributed by atoms with Crippen molar-refractivity contribution in [3.8, 4) is 0 Å². The van der Waals surface area contributed by atoms with Crippen molar-refractivity contribution < 1.29 is 18.7 Å². The van der Waals surface area contributed by atoms with Gasteiger partial charge in [0, 0.05) is 17.2 Å². The quantitative estimate of drug-likeness (QED) is 0.816. The number of hydrogen-bond donors (Lipinski definition) is 1. The molecule has 0 radical (unpaired) electrons. The topological polar surface area (TPSA) is 69.4 Å². The molecule has 0 heterocycles. The van der Waals surface area contributed by atoms with Gasteiger partial charge in [-0.1, -0.05) is 6.07 Å². The molecule has 1 aromatic rings. The summed E-state index contributed by atoms with van der Waals surface area (Å²) in [6, 6.07) is 5.26. The van der Waals surface area contributed by atoms with Crippen LogP contribution in [0.3, 0.4) is 0 Å². The van der Waals surface area contributed by atoms with E-state index in [2.05, 4.69) is 4.74 Å². The molecule has 6 heteroatoms. The average Bonchev–Trinajstić information content (AvgIpc) is 2.18. The van der Waals surface area contributed by atoms with Crippen molar-refractivity contribution in [1.82, 2.24) is 0 Å². The first-order valence-corrected chi connectivity index (χ1v) is 4.72. The van der Waals surface area contributed by atoms with Crippen LogP contribution < -0.4 is 5.73 Å². The molecule has 0 aliphatic heterocycles. The zero-order valence-electron chi connectivity index (χ0n) is 8.57. The molecule has 1 aromatic carbocycles. The highest BCUT2D eigenvalue weighted by Crippen LogP contribution is 2.01. The molecule has 88 valence electrons. The van der Waals surface area contributed by atoms with Gasteiger partial charge in [0.15, 0.2) is 0 Å². The molecule has 0 spiro atoms. The molecule has 16 heavy (non-hydrogen) atoms. The summed E-state index contributed by atoms with van der Waals surface area (Å²) in [5.74, 6) is -1.06. The Labute approximate surface area is 97.1 Å². The third kappa shape index (κ3) is 6.78. The van der Waals surface area contributed by atoms with Gasteiger partial charge in [-0.05, 0) is 25.1 Å². The van der Waals surface area contributed by atoms with E-state index in [1.807, 2.05) is 0 Å². The van der Waals surface area contributed by atoms with Gasteiger partial charge in [-0.2, -0.15) is 0 Å². The number of primary amides is 1. The summed E-state index contributed by atoms with van der Waals surface area (Å²) < 4.78 is 16.5. The van der Waals surface area contributed by atoms with Crippen LogP contribution in [0.15, 0.2) is 24.3 Å². The monoisotopic (exact) mass is 247 g/mol. The van der Waals surface area contributed by atoms with Gasteiger partial charge in [0.1, 0.15) is 5.82 Å². The van der Waals surface area contributed by atoms with E-state index < -0.39 is 17.2 Å². The van der Waals surface area contributed by atoms with Crippen LogP contribution in [-0.4, -0.2) is 17.9 Å². The van der Waals surface area contributed by atoms with Gasteiger partial charge < -0.3 is 10.5 Å². The van der Waals surface area contributed by atoms with E-state index >= 15 is 0 Å². The average molecular weight is 248 g/mol. The minimum absolute atomic E-state index is 0.194. The second-order valence-corrected chi connectivity index (χ2v) is 2.85. The zero-order chi connectivity index (χ0) is 12.6. The maximum atomic E-state index is 12.3. The molecule has 0 saturated carbocycles. The Morgan fingerprint density at radius 3 is 2.38 bits per heavy atom. The highest BCUT2D eigenvalue weighted by atomic mass is 35.5. The van der Waals surface area contributed by atoms with Gasteiger partial charge in [-0.25, -0.2) is 9.18 Å². The van der Waals surface area contributed by atoms with Crippen molar-refractivity contribution in [3.63, 3.8) is 0 Å². The fourth-order valence-electron chi connectivity index (χ4n) is 0.755. The smallest absolute Gasteiger partial charge is 0.403 e. The fraction of sp³-hybridized carbons (Fsp3) is 0.200. The van der Waals surface area contributed by atoms with E-state index in [0.717, 1.165) is 6.07 Å². The molecule has 1 amide bonds. The van der Waals surface area contributed by atoms with Crippen LogP contribution in [-0.2, 0) is 4.74 Å². The second kappa shape index (κ2) is 7.64. The van der Waals surface area contributed by atoms with Crippen LogP contribution in [0.5, 0.6) is 0 Å². The standard InChI is InChI=1S/C7H6FNO.C3H5ClO2/c8-6-3-1-2-5(4-6)7(9)10;1-2-6-3(4)5/h1-4H,(H2,9,10);2H2,1H3. The molecule has 0 saturated heterocycles. The number of halogens is 2. The Morgan fingerprint density at radius 1 is 1.50 bits per heavy atom. The van der Waals surface area contributed by atoms with E-state index in [0.29, 0.717) is 6.61 Å². The number of carbonyl (C=O) groups excluding carboxylic acids is 2. The summed E-state index contributed by atoms with van der Waals surface area (Å²) in [5, 5.41) is 0. The fourth-order valence-corrected chi connectivity index (χ4v) is 0.864. The van der Waals surface area contributed by atoms with E-state index in [1.165, 1.54) is 18.2 Å². The number of nitrogens with two attached hydrogens (primary N) is 1. The summed E-state index contributed by atoms with van der Waals surface area (Å²) in [6.07, 6.45) is 0. The Hall–Kier alpha value is -1.62. The predicted molar refractivity (Wildman–Crippen MR) is 57.8 cm³/mol. The Bertz CT molecular complexity index is 371. The van der Waals surface area contributed by atoms with Gasteiger partial charge in [-0.3, -0.25) is 4.79 Å². The van der Waals surface area contributed by atoms with Crippen LogP contribution in [0.4, 0.5) is 9.18 Å². The molecular formula is C10H11ClFNO3. The first kappa shape index (κ1) is 14.4. The Morgan fingerprint density at radius 2 is 2.12 bits per heavy atom. The van der Waals surface area contributed by atoms with Crippen LogP contribution in [0, 0.1) is 5.82 Å². The summed E-state index contributed by atoms with van der Waals surface area (Å²) >= 11 is 4.72. The van der Waals surface area contributed by atoms with Crippen LogP contribution in [0.2, 0.25) is 0 Å². The number of rotatable bonds is 2. The van der Waals surface area contributed by atoms with E-state index in [9.17, 15) is 14.0 Å². The third-order valence-corrected chi connectivity index (χ3v) is 1.48. The molecule has 1 rings (SSSR count). The minimum Gasteiger partial charge on any atom is -0.454 e. The number of ether oxygens (including phenoxy) is 1. The summed E-state index contributed by atoms with van der Waals surface area (Å²) in [5.41, 5.74) is 4.33. The number of carbonyl (C=O) groups is 2. The lowest BCUT2D eigenvalue weighted by molar-refractivity contribution is 0.1000. The summed E-state index contributed by atoms with van der Waals surface area (Å²) in [7, 11) is 0. The summed E-state index contributed by atoms with van der Waals surface area (Å²) in [6.45, 7) is 2.04. The van der Waals surface area contributed by atoms with Crippen LogP contribution in [0.1, 0.15) is 17.3 Å². The molecular weight excluding hydrogens is 237 g/mol. The molecule has 0 unspecified atom stereocenters. The first-order valence-electron chi connectivity index (χ1n) is 4.35. The van der Waals surface area contributed by atoms with Crippen molar-refractivity contribution in [1.29, 1.82) is 0 Å². The van der Waals surface area contributed by atoms with E-state index in [4.69, 9.17) is 17.3 Å². The van der Waals surface area contributed by atoms with Gasteiger partial charge in [-0.15, -0.1) is 0 Å². The van der Waals surface area contributed by atoms with Gasteiger partial charge in [0.25, 0.3) is 0 Å². The largest absolute Gasteiger partial charge is 0.454 e. The molecule has 4 nitrogen and oxygen atoms in total. The predicted octanol–water partition coefficient (Wildman–Crippen LogP) is 2.31. The number of amides is 1. The SMILES string of the molecule is CCOC(=O)Cl.NC(=O)c1cccc(F)c1. The van der Waals surface area contributed by atoms with E-state index in [-0.39, 0.29) is 5.56 Å². The van der Waals surface area contributed by atoms with Crippen molar-refractivity contribution >= 4 is 22.9 Å². The molecule has 0 aliphatic carbocycles. The van der Waals surface area contributed by atoms with Gasteiger partial charge >= 0.3 is 5.43 Å². The van der Waals surface area contributed by atoms with Crippen molar-refractivity contribution in [3.05, 3.63) is 35.6 Å². The van der Waals surface area contributed by atoms with Crippen molar-refractivity contribution in [2.75, 3.05) is 6.61 Å². The molecule has 0 bridgehead atoms. The highest BCUT2D eigenvalue weighted by Gasteiger charge is 1.98. The highest BCUT2D eigenvalue weighted by molar-refractivity contribution is 6.61. The maximum absolute atomic E-state index is 12.3. The lowest BCUT2D eigenvalue weighted by atomic mass is 10.2. The lowest BCUT2D eigenvalue weighted by Gasteiger charge is -1.92. The van der Waals surface area contributed by atoms with Crippen molar-refractivity contribution in [2.45, 2.75) is 6.92 Å². The third-order valence-electron chi connectivity index (χ3n) is 1.37. The normalized spacial score (nSPS) is 8.69. The van der Waals surface area contributed by atoms with Crippen LogP contribution in [0.25, 0.3) is 0 Å². The minimum atomic E-state index is -0.738. The van der Waals surface area contributed by atoms with Gasteiger partial charge in [0.2, 0.25) is 5.91 Å². The number of benzene rings is 1. The lowest BCUT2D eigenvalue weighted by Crippen LogP contribution is -2.10. The second-order valence-electron chi connectivity index (χ2n) is 2.55. The summed E-state index contributed by atoms with van der Waals surface area (Å²) in [4.78, 5) is 20.0. The Balaban J connectivity index is 0.000000325. The molecule has 0 aromatic heterocycles. The molecule has 2 N–H and O–H groups in total. The zero-order valence-corrected chi connectivity index (χ0v) is 9.33. The molecule has 0 aliphatic rings. The Kier molecular flexibility index (Phi) is 6.87. The van der Waals surface area contributed by atoms with Gasteiger partial charge in [0.05, 0.1) is 6.61 Å². The van der Waals surface area contributed by atoms with Crippen LogP contribution >= 0.6 is 11.6 Å². The number of hydrogen-bond acceptors (Lipinski definition) is 3. The maximum Gasteiger partial charge on any atom is 0.403 e. The van der Waals surface area contributed by atoms with E-state index in [1.54, 1.807) is 6.92 Å². The first-order chi connectivity index (χ1) is 7.47. The van der Waals surface area contributed by atoms with Crippen molar-refractivity contribution in [2.24, 2.45) is 5.73 Å². The molecule has 0 fully saturated rings.